The van der Waals surface area contributed by atoms with Gasteiger partial charge in [0.25, 0.3) is 0 Å². The molecule has 16 heavy (non-hydrogen) atoms. The summed E-state index contributed by atoms with van der Waals surface area (Å²) in [6.07, 6.45) is 1.96. The van der Waals surface area contributed by atoms with Crippen molar-refractivity contribution in [2.45, 2.75) is 48.5 Å². The van der Waals surface area contributed by atoms with E-state index in [1.165, 1.54) is 5.56 Å². The van der Waals surface area contributed by atoms with Crippen LogP contribution < -0.4 is 0 Å². The molecular weight excluding hydrogens is 198 g/mol. The van der Waals surface area contributed by atoms with Gasteiger partial charge in [-0.15, -0.1) is 0 Å². The Labute approximate surface area is 98.5 Å². The van der Waals surface area contributed by atoms with Crippen LogP contribution in [0, 0.1) is 20.8 Å². The SMILES string of the molecule is CC.CC.Cc1nc(C)c2c(C)ccn2n1. The molecule has 0 N–H and O–H groups in total. The molecule has 0 amide bonds. The highest BCUT2D eigenvalue weighted by Crippen LogP contribution is 2.12. The topological polar surface area (TPSA) is 30.2 Å². The van der Waals surface area contributed by atoms with Crippen molar-refractivity contribution in [1.82, 2.24) is 14.6 Å². The molecule has 0 spiro atoms. The van der Waals surface area contributed by atoms with E-state index in [0.717, 1.165) is 17.0 Å². The fraction of sp³-hybridized carbons (Fsp3) is 0.538. The van der Waals surface area contributed by atoms with Crippen LogP contribution in [0.1, 0.15) is 44.8 Å². The highest BCUT2D eigenvalue weighted by Gasteiger charge is 2.03. The zero-order chi connectivity index (χ0) is 12.7. The lowest BCUT2D eigenvalue weighted by Crippen LogP contribution is -1.99. The average molecular weight is 221 g/mol. The van der Waals surface area contributed by atoms with Gasteiger partial charge in [0.2, 0.25) is 0 Å². The zero-order valence-electron chi connectivity index (χ0n) is 11.5. The Bertz CT molecular complexity index is 430. The van der Waals surface area contributed by atoms with Gasteiger partial charge in [0.05, 0.1) is 11.2 Å². The quantitative estimate of drug-likeness (QED) is 0.679. The van der Waals surface area contributed by atoms with E-state index in [9.17, 15) is 0 Å². The Balaban J connectivity index is 0.000000509. The second-order valence-corrected chi connectivity index (χ2v) is 3.04. The summed E-state index contributed by atoms with van der Waals surface area (Å²) in [5.74, 6) is 0.815. The highest BCUT2D eigenvalue weighted by atomic mass is 15.2. The predicted octanol–water partition coefficient (Wildman–Crippen LogP) is 3.71. The van der Waals surface area contributed by atoms with Crippen molar-refractivity contribution in [2.75, 3.05) is 0 Å². The number of fused-ring (bicyclic) bond motifs is 1. The summed E-state index contributed by atoms with van der Waals surface area (Å²) >= 11 is 0. The highest BCUT2D eigenvalue weighted by molar-refractivity contribution is 5.57. The third kappa shape index (κ3) is 3.05. The number of rotatable bonds is 0. The van der Waals surface area contributed by atoms with Crippen molar-refractivity contribution in [2.24, 2.45) is 0 Å². The first kappa shape index (κ1) is 14.6. The van der Waals surface area contributed by atoms with Gasteiger partial charge >= 0.3 is 0 Å². The fourth-order valence-electron chi connectivity index (χ4n) is 1.52. The van der Waals surface area contributed by atoms with Gasteiger partial charge in [0.1, 0.15) is 5.82 Å². The lowest BCUT2D eigenvalue weighted by atomic mass is 10.3. The Morgan fingerprint density at radius 3 is 2.12 bits per heavy atom. The summed E-state index contributed by atoms with van der Waals surface area (Å²) in [5.41, 5.74) is 3.40. The summed E-state index contributed by atoms with van der Waals surface area (Å²) in [7, 11) is 0. The number of hydrogen-bond donors (Lipinski definition) is 0. The molecule has 0 aromatic carbocycles. The normalized spacial score (nSPS) is 8.94. The number of aryl methyl sites for hydroxylation is 3. The van der Waals surface area contributed by atoms with E-state index < -0.39 is 0 Å². The minimum Gasteiger partial charge on any atom is -0.237 e. The summed E-state index contributed by atoms with van der Waals surface area (Å²) in [5, 5.41) is 4.26. The van der Waals surface area contributed by atoms with Crippen LogP contribution in [0.3, 0.4) is 0 Å². The largest absolute Gasteiger partial charge is 0.237 e. The van der Waals surface area contributed by atoms with Crippen molar-refractivity contribution in [3.8, 4) is 0 Å². The Morgan fingerprint density at radius 2 is 1.56 bits per heavy atom. The van der Waals surface area contributed by atoms with Gasteiger partial charge in [-0.05, 0) is 32.4 Å². The molecule has 0 unspecified atom stereocenters. The van der Waals surface area contributed by atoms with Crippen LogP contribution >= 0.6 is 0 Å². The van der Waals surface area contributed by atoms with Crippen molar-refractivity contribution >= 4 is 5.52 Å². The summed E-state index contributed by atoms with van der Waals surface area (Å²) in [4.78, 5) is 4.30. The number of nitrogens with zero attached hydrogens (tertiary/aromatic N) is 3. The van der Waals surface area contributed by atoms with E-state index in [1.54, 1.807) is 0 Å². The zero-order valence-corrected chi connectivity index (χ0v) is 11.5. The predicted molar refractivity (Wildman–Crippen MR) is 69.9 cm³/mol. The molecule has 0 aliphatic rings. The molecule has 2 aromatic heterocycles. The monoisotopic (exact) mass is 221 g/mol. The molecule has 3 heteroatoms. The molecule has 2 aromatic rings. The third-order valence-corrected chi connectivity index (χ3v) is 1.99. The first-order valence-corrected chi connectivity index (χ1v) is 5.97. The van der Waals surface area contributed by atoms with E-state index in [0.29, 0.717) is 0 Å². The van der Waals surface area contributed by atoms with Crippen molar-refractivity contribution in [3.05, 3.63) is 29.3 Å². The summed E-state index contributed by atoms with van der Waals surface area (Å²) in [6.45, 7) is 14.0. The molecule has 0 bridgehead atoms. The van der Waals surface area contributed by atoms with Gasteiger partial charge in [-0.3, -0.25) is 0 Å². The minimum atomic E-state index is 0.815. The average Bonchev–Trinajstić information content (AvgIpc) is 2.66. The number of aromatic nitrogens is 3. The van der Waals surface area contributed by atoms with Crippen molar-refractivity contribution < 1.29 is 0 Å². The van der Waals surface area contributed by atoms with Crippen LogP contribution in [0.4, 0.5) is 0 Å². The molecule has 0 atom stereocenters. The van der Waals surface area contributed by atoms with E-state index in [2.05, 4.69) is 23.1 Å². The maximum absolute atomic E-state index is 4.30. The minimum absolute atomic E-state index is 0.815. The second-order valence-electron chi connectivity index (χ2n) is 3.04. The molecule has 90 valence electrons. The molecule has 2 rings (SSSR count). The maximum atomic E-state index is 4.30. The van der Waals surface area contributed by atoms with Gasteiger partial charge in [-0.2, -0.15) is 5.10 Å². The lowest BCUT2D eigenvalue weighted by molar-refractivity contribution is 0.840. The second kappa shape index (κ2) is 6.99. The van der Waals surface area contributed by atoms with Crippen LogP contribution in [0.15, 0.2) is 12.3 Å². The first-order chi connectivity index (χ1) is 7.68. The van der Waals surface area contributed by atoms with Gasteiger partial charge in [-0.1, -0.05) is 27.7 Å². The molecule has 2 heterocycles. The fourth-order valence-corrected chi connectivity index (χ4v) is 1.52. The maximum Gasteiger partial charge on any atom is 0.146 e. The molecule has 0 aliphatic heterocycles. The van der Waals surface area contributed by atoms with E-state index in [1.807, 2.05) is 52.3 Å². The molecule has 0 saturated carbocycles. The smallest absolute Gasteiger partial charge is 0.146 e. The van der Waals surface area contributed by atoms with Crippen molar-refractivity contribution in [1.29, 1.82) is 0 Å². The lowest BCUT2D eigenvalue weighted by Gasteiger charge is -2.00. The third-order valence-electron chi connectivity index (χ3n) is 1.99. The molecule has 0 aliphatic carbocycles. The van der Waals surface area contributed by atoms with Gasteiger partial charge in [-0.25, -0.2) is 9.50 Å². The van der Waals surface area contributed by atoms with Gasteiger partial charge in [0, 0.05) is 6.20 Å². The molecular formula is C13H23N3. The van der Waals surface area contributed by atoms with E-state index in [4.69, 9.17) is 0 Å². The standard InChI is InChI=1S/C9H11N3.2C2H6/c1-6-4-5-12-9(6)7(2)10-8(3)11-12;2*1-2/h4-5H,1-3H3;2*1-2H3. The van der Waals surface area contributed by atoms with Crippen LogP contribution in [0.25, 0.3) is 5.52 Å². The molecule has 3 nitrogen and oxygen atoms in total. The Kier molecular flexibility index (Phi) is 6.38. The Morgan fingerprint density at radius 1 is 1.00 bits per heavy atom. The molecule has 0 fully saturated rings. The van der Waals surface area contributed by atoms with Crippen LogP contribution in [0.2, 0.25) is 0 Å². The van der Waals surface area contributed by atoms with Gasteiger partial charge < -0.3 is 0 Å². The molecule has 0 saturated heterocycles. The van der Waals surface area contributed by atoms with E-state index >= 15 is 0 Å². The summed E-state index contributed by atoms with van der Waals surface area (Å²) < 4.78 is 1.88. The van der Waals surface area contributed by atoms with Crippen molar-refractivity contribution in [3.63, 3.8) is 0 Å². The van der Waals surface area contributed by atoms with Crippen LogP contribution in [-0.2, 0) is 0 Å². The van der Waals surface area contributed by atoms with E-state index in [-0.39, 0.29) is 0 Å². The van der Waals surface area contributed by atoms with Gasteiger partial charge in [0.15, 0.2) is 0 Å². The Hall–Kier alpha value is -1.38. The van der Waals surface area contributed by atoms with Crippen LogP contribution in [0.5, 0.6) is 0 Å². The van der Waals surface area contributed by atoms with Crippen LogP contribution in [-0.4, -0.2) is 14.6 Å². The number of hydrogen-bond acceptors (Lipinski definition) is 2. The first-order valence-electron chi connectivity index (χ1n) is 5.97. The summed E-state index contributed by atoms with van der Waals surface area (Å²) in [6, 6.07) is 2.05. The molecule has 0 radical (unpaired) electrons.